The Bertz CT molecular complexity index is 648. The summed E-state index contributed by atoms with van der Waals surface area (Å²) in [5, 5.41) is 16.8. The van der Waals surface area contributed by atoms with E-state index in [9.17, 15) is 14.4 Å². The Labute approximate surface area is 121 Å². The minimum Gasteiger partial charge on any atom is -0.374 e. The Kier molecular flexibility index (Phi) is 4.18. The standard InChI is InChI=1S/C14H14N4O3/c1-8(19)16-10-4-9(7-15)5-11(6-10)17-12-2-3-13(20)18-14(12)21/h4-6,12,17H,2-3H2,1H3,(H,16,19)(H,18,20,21). The molecule has 7 nitrogen and oxygen atoms in total. The lowest BCUT2D eigenvalue weighted by Crippen LogP contribution is -2.47. The number of amides is 3. The average molecular weight is 286 g/mol. The molecule has 0 aliphatic carbocycles. The van der Waals surface area contributed by atoms with Crippen molar-refractivity contribution in [1.82, 2.24) is 5.32 Å². The predicted molar refractivity (Wildman–Crippen MR) is 75.3 cm³/mol. The van der Waals surface area contributed by atoms with Gasteiger partial charge in [0.25, 0.3) is 0 Å². The zero-order valence-electron chi connectivity index (χ0n) is 11.4. The van der Waals surface area contributed by atoms with Crippen molar-refractivity contribution < 1.29 is 14.4 Å². The van der Waals surface area contributed by atoms with Gasteiger partial charge in [-0.15, -0.1) is 0 Å². The van der Waals surface area contributed by atoms with Gasteiger partial charge in [-0.2, -0.15) is 5.26 Å². The second-order valence-corrected chi connectivity index (χ2v) is 4.74. The van der Waals surface area contributed by atoms with Crippen LogP contribution in [0.25, 0.3) is 0 Å². The van der Waals surface area contributed by atoms with E-state index >= 15 is 0 Å². The van der Waals surface area contributed by atoms with Gasteiger partial charge in [-0.25, -0.2) is 0 Å². The van der Waals surface area contributed by atoms with E-state index in [0.717, 1.165) is 0 Å². The second-order valence-electron chi connectivity index (χ2n) is 4.74. The van der Waals surface area contributed by atoms with Crippen molar-refractivity contribution in [3.8, 4) is 6.07 Å². The maximum Gasteiger partial charge on any atom is 0.249 e. The molecule has 1 aromatic rings. The van der Waals surface area contributed by atoms with Crippen LogP contribution in [0.3, 0.4) is 0 Å². The van der Waals surface area contributed by atoms with E-state index < -0.39 is 11.9 Å². The number of piperidine rings is 1. The number of nitrogens with one attached hydrogen (secondary N) is 3. The highest BCUT2D eigenvalue weighted by atomic mass is 16.2. The molecule has 21 heavy (non-hydrogen) atoms. The van der Waals surface area contributed by atoms with Gasteiger partial charge in [0.15, 0.2) is 0 Å². The summed E-state index contributed by atoms with van der Waals surface area (Å²) in [5.41, 5.74) is 1.36. The monoisotopic (exact) mass is 286 g/mol. The molecule has 3 N–H and O–H groups in total. The molecule has 1 aromatic carbocycles. The molecule has 1 aliphatic heterocycles. The van der Waals surface area contributed by atoms with Crippen molar-refractivity contribution in [1.29, 1.82) is 5.26 Å². The Hall–Kier alpha value is -2.88. The van der Waals surface area contributed by atoms with Gasteiger partial charge in [-0.05, 0) is 24.6 Å². The molecule has 3 amide bonds. The molecule has 1 unspecified atom stereocenters. The summed E-state index contributed by atoms with van der Waals surface area (Å²) < 4.78 is 0. The molecular formula is C14H14N4O3. The number of imide groups is 1. The molecule has 0 spiro atoms. The number of anilines is 2. The smallest absolute Gasteiger partial charge is 0.249 e. The molecule has 1 heterocycles. The van der Waals surface area contributed by atoms with E-state index in [1.165, 1.54) is 13.0 Å². The first kappa shape index (κ1) is 14.5. The Morgan fingerprint density at radius 3 is 2.67 bits per heavy atom. The van der Waals surface area contributed by atoms with Gasteiger partial charge in [0, 0.05) is 24.7 Å². The van der Waals surface area contributed by atoms with E-state index in [0.29, 0.717) is 23.4 Å². The number of nitrogens with zero attached hydrogens (tertiary/aromatic N) is 1. The first-order valence-electron chi connectivity index (χ1n) is 6.41. The molecule has 0 radical (unpaired) electrons. The van der Waals surface area contributed by atoms with Crippen LogP contribution in [0.15, 0.2) is 18.2 Å². The molecule has 1 aliphatic rings. The van der Waals surface area contributed by atoms with Gasteiger partial charge in [-0.1, -0.05) is 0 Å². The van der Waals surface area contributed by atoms with Crippen LogP contribution in [0.4, 0.5) is 11.4 Å². The fourth-order valence-electron chi connectivity index (χ4n) is 2.08. The number of benzene rings is 1. The zero-order valence-corrected chi connectivity index (χ0v) is 11.4. The predicted octanol–water partition coefficient (Wildman–Crippen LogP) is 0.734. The first-order valence-corrected chi connectivity index (χ1v) is 6.41. The summed E-state index contributed by atoms with van der Waals surface area (Å²) in [6.45, 7) is 1.37. The van der Waals surface area contributed by atoms with Crippen molar-refractivity contribution >= 4 is 29.1 Å². The third kappa shape index (κ3) is 3.79. The molecular weight excluding hydrogens is 272 g/mol. The highest BCUT2D eigenvalue weighted by Gasteiger charge is 2.26. The minimum absolute atomic E-state index is 0.253. The largest absolute Gasteiger partial charge is 0.374 e. The molecule has 7 heteroatoms. The normalized spacial score (nSPS) is 17.6. The SMILES string of the molecule is CC(=O)Nc1cc(C#N)cc(NC2CCC(=O)NC2=O)c1. The van der Waals surface area contributed by atoms with Crippen molar-refractivity contribution in [2.75, 3.05) is 10.6 Å². The fourth-order valence-corrected chi connectivity index (χ4v) is 2.08. The third-order valence-electron chi connectivity index (χ3n) is 2.96. The first-order chi connectivity index (χ1) is 9.97. The van der Waals surface area contributed by atoms with Crippen LogP contribution in [0, 0.1) is 11.3 Å². The van der Waals surface area contributed by atoms with Gasteiger partial charge < -0.3 is 10.6 Å². The number of nitriles is 1. The van der Waals surface area contributed by atoms with Crippen LogP contribution in [-0.2, 0) is 14.4 Å². The van der Waals surface area contributed by atoms with E-state index in [-0.39, 0.29) is 18.2 Å². The number of hydrogen-bond donors (Lipinski definition) is 3. The van der Waals surface area contributed by atoms with Gasteiger partial charge in [-0.3, -0.25) is 19.7 Å². The highest BCUT2D eigenvalue weighted by Crippen LogP contribution is 2.21. The maximum atomic E-state index is 11.7. The van der Waals surface area contributed by atoms with Gasteiger partial charge >= 0.3 is 0 Å². The molecule has 0 aromatic heterocycles. The van der Waals surface area contributed by atoms with E-state index in [1.54, 1.807) is 12.1 Å². The molecule has 0 saturated carbocycles. The van der Waals surface area contributed by atoms with Crippen molar-refractivity contribution in [3.05, 3.63) is 23.8 Å². The highest BCUT2D eigenvalue weighted by molar-refractivity contribution is 6.01. The van der Waals surface area contributed by atoms with Gasteiger partial charge in [0.1, 0.15) is 6.04 Å². The quantitative estimate of drug-likeness (QED) is 0.709. The molecule has 108 valence electrons. The lowest BCUT2D eigenvalue weighted by Gasteiger charge is -2.23. The van der Waals surface area contributed by atoms with E-state index in [2.05, 4.69) is 16.0 Å². The summed E-state index contributed by atoms with van der Waals surface area (Å²) in [6, 6.07) is 6.20. The zero-order chi connectivity index (χ0) is 15.4. The number of hydrogen-bond acceptors (Lipinski definition) is 5. The minimum atomic E-state index is -0.540. The second kappa shape index (κ2) is 6.05. The topological polar surface area (TPSA) is 111 Å². The van der Waals surface area contributed by atoms with Crippen molar-refractivity contribution in [3.63, 3.8) is 0 Å². The molecule has 1 atom stereocenters. The van der Waals surface area contributed by atoms with Gasteiger partial charge in [0.2, 0.25) is 17.7 Å². The molecule has 2 rings (SSSR count). The average Bonchev–Trinajstić information content (AvgIpc) is 2.41. The number of rotatable bonds is 3. The third-order valence-corrected chi connectivity index (χ3v) is 2.96. The van der Waals surface area contributed by atoms with Crippen LogP contribution in [0.1, 0.15) is 25.3 Å². The van der Waals surface area contributed by atoms with Crippen LogP contribution >= 0.6 is 0 Å². The van der Waals surface area contributed by atoms with E-state index in [1.807, 2.05) is 6.07 Å². The lowest BCUT2D eigenvalue weighted by atomic mass is 10.1. The summed E-state index contributed by atoms with van der Waals surface area (Å²) in [4.78, 5) is 33.9. The molecule has 1 saturated heterocycles. The number of carbonyl (C=O) groups is 3. The summed E-state index contributed by atoms with van der Waals surface area (Å²) in [6.07, 6.45) is 0.650. The summed E-state index contributed by atoms with van der Waals surface area (Å²) in [7, 11) is 0. The Morgan fingerprint density at radius 2 is 2.05 bits per heavy atom. The fraction of sp³-hybridized carbons (Fsp3) is 0.286. The van der Waals surface area contributed by atoms with Crippen LogP contribution in [-0.4, -0.2) is 23.8 Å². The maximum absolute atomic E-state index is 11.7. The van der Waals surface area contributed by atoms with Crippen LogP contribution in [0.2, 0.25) is 0 Å². The Balaban J connectivity index is 2.19. The van der Waals surface area contributed by atoms with E-state index in [4.69, 9.17) is 5.26 Å². The Morgan fingerprint density at radius 1 is 1.33 bits per heavy atom. The summed E-state index contributed by atoms with van der Waals surface area (Å²) >= 11 is 0. The van der Waals surface area contributed by atoms with Crippen molar-refractivity contribution in [2.24, 2.45) is 0 Å². The van der Waals surface area contributed by atoms with Crippen LogP contribution in [0.5, 0.6) is 0 Å². The lowest BCUT2D eigenvalue weighted by molar-refractivity contribution is -0.133. The summed E-state index contributed by atoms with van der Waals surface area (Å²) in [5.74, 6) is -0.936. The van der Waals surface area contributed by atoms with Crippen molar-refractivity contribution in [2.45, 2.75) is 25.8 Å². The molecule has 1 fully saturated rings. The van der Waals surface area contributed by atoms with Gasteiger partial charge in [0.05, 0.1) is 11.6 Å². The van der Waals surface area contributed by atoms with Crippen LogP contribution < -0.4 is 16.0 Å². The number of carbonyl (C=O) groups excluding carboxylic acids is 3. The molecule has 0 bridgehead atoms.